The summed E-state index contributed by atoms with van der Waals surface area (Å²) in [5.74, 6) is 0. The van der Waals surface area contributed by atoms with Crippen molar-refractivity contribution in [1.82, 2.24) is 14.2 Å². The molecule has 3 N–H and O–H groups in total. The topological polar surface area (TPSA) is 141 Å². The van der Waals surface area contributed by atoms with E-state index in [4.69, 9.17) is 9.26 Å². The number of nitrogens with one attached hydrogen (secondary N) is 2. The van der Waals surface area contributed by atoms with Crippen molar-refractivity contribution < 1.29 is 28.7 Å². The van der Waals surface area contributed by atoms with Crippen LogP contribution in [0, 0.1) is 6.92 Å². The van der Waals surface area contributed by atoms with E-state index in [1.54, 1.807) is 11.8 Å². The number of aliphatic hydroxyl groups is 1. The molecule has 3 rings (SSSR count). The highest BCUT2D eigenvalue weighted by Gasteiger charge is 2.37. The summed E-state index contributed by atoms with van der Waals surface area (Å²) in [6.07, 6.45) is 1.37. The van der Waals surface area contributed by atoms with E-state index in [-0.39, 0.29) is 13.0 Å². The Balaban J connectivity index is 0.000000479. The third kappa shape index (κ3) is 7.85. The fourth-order valence-corrected chi connectivity index (χ4v) is 5.23. The maximum Gasteiger partial charge on any atom is 0.330 e. The Morgan fingerprint density at radius 2 is 1.82 bits per heavy atom. The highest BCUT2D eigenvalue weighted by atomic mass is 31.2. The number of quaternary nitrogens is 1. The molecule has 2 aliphatic heterocycles. The molecule has 1 aromatic rings. The van der Waals surface area contributed by atoms with Crippen LogP contribution < -0.4 is 21.0 Å². The van der Waals surface area contributed by atoms with Crippen molar-refractivity contribution in [2.75, 3.05) is 39.3 Å². The first kappa shape index (κ1) is 27.9. The smallest absolute Gasteiger partial charge is 0.330 e. The Morgan fingerprint density at radius 1 is 1.21 bits per heavy atom. The lowest BCUT2D eigenvalue weighted by Crippen LogP contribution is -3.11. The molecule has 0 amide bonds. The molecule has 2 fully saturated rings. The Bertz CT molecular complexity index is 890. The Hall–Kier alpha value is -1.33. The summed E-state index contributed by atoms with van der Waals surface area (Å²) in [7, 11) is -4.19. The lowest BCUT2D eigenvalue weighted by molar-refractivity contribution is -0.894. The molecule has 0 aliphatic carbocycles. The number of hydrogen-bond donors (Lipinski definition) is 3. The molecule has 2 aliphatic rings. The van der Waals surface area contributed by atoms with Crippen molar-refractivity contribution in [2.24, 2.45) is 0 Å². The van der Waals surface area contributed by atoms with Gasteiger partial charge in [-0.1, -0.05) is 6.42 Å². The summed E-state index contributed by atoms with van der Waals surface area (Å²) in [6.45, 7) is 12.6. The van der Waals surface area contributed by atoms with Crippen molar-refractivity contribution in [2.45, 2.75) is 71.8 Å². The van der Waals surface area contributed by atoms with Crippen LogP contribution in [0.25, 0.3) is 0 Å². The first-order valence-electron chi connectivity index (χ1n) is 11.8. The SMILES string of the molecule is CC[NH+](CC)CC.Cc1cn([C@H]2C[C@H](O)[C@@H](COP(=O)([O-])N3CCCCC3)O2)c(=O)[nH]c1=O. The molecule has 1 unspecified atom stereocenters. The van der Waals surface area contributed by atoms with Gasteiger partial charge in [0.1, 0.15) is 12.3 Å². The van der Waals surface area contributed by atoms with Gasteiger partial charge in [0.15, 0.2) is 0 Å². The summed E-state index contributed by atoms with van der Waals surface area (Å²) < 4.78 is 25.4. The standard InChI is InChI=1S/C15H24N3O7P.C6H15N/c1-10-8-18(15(21)16-14(10)20)13-7-11(19)12(25-13)9-24-26(22,23)17-5-3-2-4-6-17;1-4-7(5-2)6-3/h8,11-13,19H,2-7,9H2,1H3,(H,22,23)(H,16,20,21);4-6H2,1-3H3/t11-,12+,13+;/m0./s1. The number of aryl methyl sites for hydroxylation is 1. The second-order valence-corrected chi connectivity index (χ2v) is 10.3. The van der Waals surface area contributed by atoms with E-state index in [0.29, 0.717) is 18.7 Å². The fraction of sp³-hybridized carbons (Fsp3) is 0.810. The molecular weight excluding hydrogens is 451 g/mol. The number of ether oxygens (including phenoxy) is 1. The summed E-state index contributed by atoms with van der Waals surface area (Å²) in [5.41, 5.74) is -0.808. The largest absolute Gasteiger partial charge is 0.766 e. The normalized spacial score (nSPS) is 25.5. The molecule has 33 heavy (non-hydrogen) atoms. The van der Waals surface area contributed by atoms with Gasteiger partial charge in [-0.05, 0) is 40.5 Å². The summed E-state index contributed by atoms with van der Waals surface area (Å²) in [5, 5.41) is 10.1. The highest BCUT2D eigenvalue weighted by Crippen LogP contribution is 2.44. The lowest BCUT2D eigenvalue weighted by atomic mass is 10.2. The Labute approximate surface area is 194 Å². The number of H-pyrrole nitrogens is 1. The monoisotopic (exact) mass is 490 g/mol. The fourth-order valence-electron chi connectivity index (χ4n) is 3.96. The molecule has 0 radical (unpaired) electrons. The van der Waals surface area contributed by atoms with Gasteiger partial charge < -0.3 is 24.2 Å². The molecular formula is C21H39N4O7P. The Morgan fingerprint density at radius 3 is 2.36 bits per heavy atom. The molecule has 0 aromatic carbocycles. The molecule has 0 saturated carbocycles. The van der Waals surface area contributed by atoms with E-state index in [1.165, 1.54) is 35.1 Å². The maximum absolute atomic E-state index is 12.2. The number of nitrogens with zero attached hydrogens (tertiary/aromatic N) is 2. The minimum absolute atomic E-state index is 0.0896. The molecule has 2 saturated heterocycles. The molecule has 4 atom stereocenters. The molecule has 0 bridgehead atoms. The van der Waals surface area contributed by atoms with Gasteiger partial charge in [0, 0.05) is 31.3 Å². The van der Waals surface area contributed by atoms with Gasteiger partial charge in [0.05, 0.1) is 32.3 Å². The van der Waals surface area contributed by atoms with Gasteiger partial charge in [0.2, 0.25) is 7.75 Å². The van der Waals surface area contributed by atoms with Crippen LogP contribution in [-0.4, -0.2) is 70.9 Å². The van der Waals surface area contributed by atoms with Crippen molar-refractivity contribution in [3.8, 4) is 0 Å². The average Bonchev–Trinajstić information content (AvgIpc) is 3.17. The maximum atomic E-state index is 12.2. The molecule has 190 valence electrons. The quantitative estimate of drug-likeness (QED) is 0.410. The van der Waals surface area contributed by atoms with E-state index >= 15 is 0 Å². The number of rotatable bonds is 8. The minimum Gasteiger partial charge on any atom is -0.766 e. The van der Waals surface area contributed by atoms with Crippen LogP contribution in [0.1, 0.15) is 58.2 Å². The van der Waals surface area contributed by atoms with Crippen LogP contribution in [0.3, 0.4) is 0 Å². The third-order valence-corrected chi connectivity index (χ3v) is 7.81. The van der Waals surface area contributed by atoms with Crippen LogP contribution in [0.4, 0.5) is 0 Å². The van der Waals surface area contributed by atoms with Crippen molar-refractivity contribution in [3.63, 3.8) is 0 Å². The van der Waals surface area contributed by atoms with E-state index in [0.717, 1.165) is 19.3 Å². The predicted molar refractivity (Wildman–Crippen MR) is 122 cm³/mol. The van der Waals surface area contributed by atoms with Gasteiger partial charge in [0.25, 0.3) is 5.56 Å². The van der Waals surface area contributed by atoms with Gasteiger partial charge in [-0.15, -0.1) is 0 Å². The zero-order chi connectivity index (χ0) is 24.6. The zero-order valence-electron chi connectivity index (χ0n) is 20.1. The third-order valence-electron chi connectivity index (χ3n) is 6.24. The predicted octanol–water partition coefficient (Wildman–Crippen LogP) is -0.605. The second-order valence-electron chi connectivity index (χ2n) is 8.50. The van der Waals surface area contributed by atoms with E-state index in [2.05, 4.69) is 25.8 Å². The van der Waals surface area contributed by atoms with Crippen LogP contribution in [0.2, 0.25) is 0 Å². The van der Waals surface area contributed by atoms with E-state index in [1.807, 2.05) is 0 Å². The number of hydrogen-bond acceptors (Lipinski definition) is 7. The zero-order valence-corrected chi connectivity index (χ0v) is 21.0. The molecule has 1 aromatic heterocycles. The van der Waals surface area contributed by atoms with Gasteiger partial charge in [-0.3, -0.25) is 18.9 Å². The summed E-state index contributed by atoms with van der Waals surface area (Å²) in [4.78, 5) is 39.5. The van der Waals surface area contributed by atoms with Crippen LogP contribution in [0.5, 0.6) is 0 Å². The van der Waals surface area contributed by atoms with Crippen LogP contribution in [0.15, 0.2) is 15.8 Å². The van der Waals surface area contributed by atoms with Crippen molar-refractivity contribution in [3.05, 3.63) is 32.6 Å². The summed E-state index contributed by atoms with van der Waals surface area (Å²) in [6, 6.07) is 0. The Kier molecular flexibility index (Phi) is 10.9. The number of aromatic nitrogens is 2. The first-order chi connectivity index (χ1) is 15.6. The minimum atomic E-state index is -4.19. The number of aromatic amines is 1. The van der Waals surface area contributed by atoms with Crippen molar-refractivity contribution >= 4 is 7.75 Å². The average molecular weight is 491 g/mol. The van der Waals surface area contributed by atoms with Gasteiger partial charge in [-0.2, -0.15) is 0 Å². The van der Waals surface area contributed by atoms with Gasteiger partial charge >= 0.3 is 5.69 Å². The van der Waals surface area contributed by atoms with E-state index in [9.17, 15) is 24.2 Å². The van der Waals surface area contributed by atoms with Crippen LogP contribution in [-0.2, 0) is 13.8 Å². The van der Waals surface area contributed by atoms with Crippen molar-refractivity contribution in [1.29, 1.82) is 0 Å². The molecule has 3 heterocycles. The summed E-state index contributed by atoms with van der Waals surface area (Å²) >= 11 is 0. The van der Waals surface area contributed by atoms with E-state index < -0.39 is 37.4 Å². The number of aliphatic hydroxyl groups excluding tert-OH is 1. The molecule has 12 heteroatoms. The van der Waals surface area contributed by atoms with Gasteiger partial charge in [-0.25, -0.2) is 9.46 Å². The second kappa shape index (κ2) is 12.9. The molecule has 11 nitrogen and oxygen atoms in total. The lowest BCUT2D eigenvalue weighted by Gasteiger charge is -2.38. The highest BCUT2D eigenvalue weighted by molar-refractivity contribution is 7.48. The molecule has 0 spiro atoms. The number of piperidine rings is 1. The first-order valence-corrected chi connectivity index (χ1v) is 13.3. The van der Waals surface area contributed by atoms with Crippen LogP contribution >= 0.6 is 7.75 Å².